The number of amides is 1. The molecule has 0 saturated heterocycles. The van der Waals surface area contributed by atoms with Crippen LogP contribution < -0.4 is 15.8 Å². The highest BCUT2D eigenvalue weighted by atomic mass is 16.5. The van der Waals surface area contributed by atoms with Crippen LogP contribution in [0.5, 0.6) is 11.6 Å². The second-order valence-electron chi connectivity index (χ2n) is 6.60. The number of nitrogens with zero attached hydrogens (tertiary/aromatic N) is 1. The van der Waals surface area contributed by atoms with Crippen LogP contribution in [0.1, 0.15) is 53.2 Å². The number of hydrogen-bond donors (Lipinski definition) is 2. The van der Waals surface area contributed by atoms with Crippen molar-refractivity contribution in [2.75, 3.05) is 0 Å². The van der Waals surface area contributed by atoms with E-state index in [1.54, 1.807) is 12.1 Å². The average molecular weight is 323 g/mol. The molecular formula is C19H21N3O2. The lowest BCUT2D eigenvalue weighted by Gasteiger charge is -2.30. The summed E-state index contributed by atoms with van der Waals surface area (Å²) in [5.41, 5.74) is 8.33. The van der Waals surface area contributed by atoms with Crippen LogP contribution in [0.15, 0.2) is 36.5 Å². The summed E-state index contributed by atoms with van der Waals surface area (Å²) in [6.45, 7) is 0. The van der Waals surface area contributed by atoms with Gasteiger partial charge in [0.15, 0.2) is 0 Å². The number of ether oxygens (including phenoxy) is 1. The van der Waals surface area contributed by atoms with Gasteiger partial charge in [-0.2, -0.15) is 0 Å². The molecule has 5 nitrogen and oxygen atoms in total. The van der Waals surface area contributed by atoms with Crippen LogP contribution >= 0.6 is 0 Å². The third-order valence-electron chi connectivity index (χ3n) is 4.98. The standard InChI is InChI=1S/C19H21N3O2/c20-19(23)13-5-9-18(21-11-13)24-15-6-7-16-12(10-15)4-8-17(16)22-14-2-1-3-14/h5-7,9-11,14,17,22H,1-4,8H2,(H2,20,23). The predicted octanol–water partition coefficient (Wildman–Crippen LogP) is 3.10. The van der Waals surface area contributed by atoms with Crippen LogP contribution in [0.4, 0.5) is 0 Å². The van der Waals surface area contributed by atoms with Crippen LogP contribution in [-0.2, 0) is 6.42 Å². The van der Waals surface area contributed by atoms with Crippen molar-refractivity contribution in [2.24, 2.45) is 5.73 Å². The second-order valence-corrected chi connectivity index (χ2v) is 6.60. The number of aromatic nitrogens is 1. The zero-order valence-electron chi connectivity index (χ0n) is 13.5. The molecule has 124 valence electrons. The topological polar surface area (TPSA) is 77.2 Å². The highest BCUT2D eigenvalue weighted by Crippen LogP contribution is 2.36. The number of nitrogens with two attached hydrogens (primary N) is 1. The monoisotopic (exact) mass is 323 g/mol. The number of carbonyl (C=O) groups is 1. The molecule has 24 heavy (non-hydrogen) atoms. The molecule has 0 spiro atoms. The molecule has 1 aromatic carbocycles. The largest absolute Gasteiger partial charge is 0.439 e. The summed E-state index contributed by atoms with van der Waals surface area (Å²) in [5.74, 6) is 0.746. The Balaban J connectivity index is 1.46. The SMILES string of the molecule is NC(=O)c1ccc(Oc2ccc3c(c2)CCC3NC2CCC2)nc1. The van der Waals surface area contributed by atoms with E-state index in [9.17, 15) is 4.79 Å². The normalized spacial score (nSPS) is 19.6. The van der Waals surface area contributed by atoms with Gasteiger partial charge in [-0.15, -0.1) is 0 Å². The van der Waals surface area contributed by atoms with Gasteiger partial charge >= 0.3 is 0 Å². The molecular weight excluding hydrogens is 302 g/mol. The van der Waals surface area contributed by atoms with Gasteiger partial charge in [0.25, 0.3) is 0 Å². The summed E-state index contributed by atoms with van der Waals surface area (Å²) >= 11 is 0. The zero-order valence-corrected chi connectivity index (χ0v) is 13.5. The molecule has 2 aromatic rings. The molecule has 1 aromatic heterocycles. The smallest absolute Gasteiger partial charge is 0.250 e. The van der Waals surface area contributed by atoms with Gasteiger partial charge in [0.1, 0.15) is 5.75 Å². The Bertz CT molecular complexity index is 754. The van der Waals surface area contributed by atoms with E-state index >= 15 is 0 Å². The minimum Gasteiger partial charge on any atom is -0.439 e. The quantitative estimate of drug-likeness (QED) is 0.886. The molecule has 3 N–H and O–H groups in total. The van der Waals surface area contributed by atoms with Crippen LogP contribution in [0.3, 0.4) is 0 Å². The predicted molar refractivity (Wildman–Crippen MR) is 91.1 cm³/mol. The van der Waals surface area contributed by atoms with E-state index in [4.69, 9.17) is 10.5 Å². The number of aryl methyl sites for hydroxylation is 1. The van der Waals surface area contributed by atoms with E-state index in [1.807, 2.05) is 6.07 Å². The lowest BCUT2D eigenvalue weighted by Crippen LogP contribution is -2.37. The van der Waals surface area contributed by atoms with Crippen LogP contribution in [0.25, 0.3) is 0 Å². The first-order chi connectivity index (χ1) is 11.7. The van der Waals surface area contributed by atoms with Crippen LogP contribution in [-0.4, -0.2) is 16.9 Å². The van der Waals surface area contributed by atoms with Crippen molar-refractivity contribution >= 4 is 5.91 Å². The highest BCUT2D eigenvalue weighted by Gasteiger charge is 2.27. The molecule has 1 atom stereocenters. The molecule has 2 aliphatic rings. The first kappa shape index (κ1) is 15.1. The fourth-order valence-corrected chi connectivity index (χ4v) is 3.40. The maximum absolute atomic E-state index is 11.1. The lowest BCUT2D eigenvalue weighted by molar-refractivity contribution is 0.1000. The lowest BCUT2D eigenvalue weighted by atomic mass is 9.92. The molecule has 4 rings (SSSR count). The Kier molecular flexibility index (Phi) is 3.94. The average Bonchev–Trinajstić information content (AvgIpc) is 2.94. The van der Waals surface area contributed by atoms with Crippen molar-refractivity contribution in [3.63, 3.8) is 0 Å². The minimum atomic E-state index is -0.489. The number of pyridine rings is 1. The summed E-state index contributed by atoms with van der Waals surface area (Å²) in [7, 11) is 0. The summed E-state index contributed by atoms with van der Waals surface area (Å²) < 4.78 is 5.80. The number of benzene rings is 1. The number of carbonyl (C=O) groups excluding carboxylic acids is 1. The van der Waals surface area contributed by atoms with E-state index in [1.165, 1.54) is 36.6 Å². The Hall–Kier alpha value is -2.40. The van der Waals surface area contributed by atoms with Gasteiger partial charge in [0.2, 0.25) is 11.8 Å². The molecule has 1 fully saturated rings. The van der Waals surface area contributed by atoms with Crippen LogP contribution in [0.2, 0.25) is 0 Å². The van der Waals surface area contributed by atoms with Gasteiger partial charge in [-0.05, 0) is 55.0 Å². The van der Waals surface area contributed by atoms with E-state index in [0.717, 1.165) is 18.6 Å². The molecule has 0 radical (unpaired) electrons. The zero-order chi connectivity index (χ0) is 16.5. The summed E-state index contributed by atoms with van der Waals surface area (Å²) in [5, 5.41) is 3.76. The maximum Gasteiger partial charge on any atom is 0.250 e. The molecule has 5 heteroatoms. The number of nitrogens with one attached hydrogen (secondary N) is 1. The minimum absolute atomic E-state index is 0.376. The molecule has 1 heterocycles. The van der Waals surface area contributed by atoms with E-state index in [-0.39, 0.29) is 0 Å². The van der Waals surface area contributed by atoms with Crippen molar-refractivity contribution in [1.82, 2.24) is 10.3 Å². The Morgan fingerprint density at radius 2 is 2.08 bits per heavy atom. The molecule has 0 aliphatic heterocycles. The molecule has 2 aliphatic carbocycles. The third-order valence-corrected chi connectivity index (χ3v) is 4.98. The molecule has 1 unspecified atom stereocenters. The highest BCUT2D eigenvalue weighted by molar-refractivity contribution is 5.92. The van der Waals surface area contributed by atoms with Gasteiger partial charge in [-0.1, -0.05) is 12.5 Å². The number of fused-ring (bicyclic) bond motifs is 1. The number of hydrogen-bond acceptors (Lipinski definition) is 4. The van der Waals surface area contributed by atoms with Gasteiger partial charge in [0.05, 0.1) is 5.56 Å². The fourth-order valence-electron chi connectivity index (χ4n) is 3.40. The number of primary amides is 1. The van der Waals surface area contributed by atoms with E-state index in [0.29, 0.717) is 23.5 Å². The Morgan fingerprint density at radius 3 is 2.75 bits per heavy atom. The molecule has 1 amide bonds. The van der Waals surface area contributed by atoms with Gasteiger partial charge in [-0.3, -0.25) is 4.79 Å². The van der Waals surface area contributed by atoms with Crippen molar-refractivity contribution in [3.8, 4) is 11.6 Å². The van der Waals surface area contributed by atoms with E-state index < -0.39 is 5.91 Å². The van der Waals surface area contributed by atoms with Crippen molar-refractivity contribution in [2.45, 2.75) is 44.2 Å². The van der Waals surface area contributed by atoms with Crippen molar-refractivity contribution in [3.05, 3.63) is 53.2 Å². The van der Waals surface area contributed by atoms with Gasteiger partial charge < -0.3 is 15.8 Å². The molecule has 0 bridgehead atoms. The molecule has 1 saturated carbocycles. The summed E-state index contributed by atoms with van der Waals surface area (Å²) in [6, 6.07) is 10.7. The fraction of sp³-hybridized carbons (Fsp3) is 0.368. The third kappa shape index (κ3) is 2.99. The van der Waals surface area contributed by atoms with Crippen molar-refractivity contribution in [1.29, 1.82) is 0 Å². The number of rotatable bonds is 5. The summed E-state index contributed by atoms with van der Waals surface area (Å²) in [4.78, 5) is 15.2. The Labute approximate surface area is 141 Å². The summed E-state index contributed by atoms with van der Waals surface area (Å²) in [6.07, 6.45) is 7.63. The van der Waals surface area contributed by atoms with Gasteiger partial charge in [0, 0.05) is 24.3 Å². The first-order valence-electron chi connectivity index (χ1n) is 8.51. The van der Waals surface area contributed by atoms with Gasteiger partial charge in [-0.25, -0.2) is 4.98 Å². The first-order valence-corrected chi connectivity index (χ1v) is 8.51. The van der Waals surface area contributed by atoms with E-state index in [2.05, 4.69) is 22.4 Å². The van der Waals surface area contributed by atoms with Crippen molar-refractivity contribution < 1.29 is 9.53 Å². The maximum atomic E-state index is 11.1. The Morgan fingerprint density at radius 1 is 1.21 bits per heavy atom. The van der Waals surface area contributed by atoms with Crippen LogP contribution in [0, 0.1) is 0 Å². The second kappa shape index (κ2) is 6.24.